The van der Waals surface area contributed by atoms with Crippen molar-refractivity contribution in [3.05, 3.63) is 16.6 Å². The molecule has 96 valence electrons. The van der Waals surface area contributed by atoms with Crippen molar-refractivity contribution in [1.29, 1.82) is 0 Å². The third-order valence-corrected chi connectivity index (χ3v) is 4.85. The first-order valence-electron chi connectivity index (χ1n) is 6.43. The largest absolute Gasteiger partial charge is 0.305 e. The molecule has 0 spiro atoms. The standard InChI is InChI=1S/C13H23N3S/c1-9-8-16(4)10(2)7-12(9)15-11(3)13-14-5-6-17-13/h5-6,9-12,15H,7-8H2,1-4H3. The van der Waals surface area contributed by atoms with Gasteiger partial charge in [0.2, 0.25) is 0 Å². The Hall–Kier alpha value is -0.450. The molecule has 4 unspecified atom stereocenters. The van der Waals surface area contributed by atoms with Crippen molar-refractivity contribution >= 4 is 11.3 Å². The maximum atomic E-state index is 4.39. The zero-order valence-electron chi connectivity index (χ0n) is 11.2. The zero-order chi connectivity index (χ0) is 12.4. The van der Waals surface area contributed by atoms with Gasteiger partial charge in [0.1, 0.15) is 5.01 Å². The van der Waals surface area contributed by atoms with Crippen LogP contribution in [0.3, 0.4) is 0 Å². The number of nitrogens with zero attached hydrogens (tertiary/aromatic N) is 2. The Balaban J connectivity index is 1.94. The monoisotopic (exact) mass is 253 g/mol. The van der Waals surface area contributed by atoms with Crippen LogP contribution in [0.2, 0.25) is 0 Å². The summed E-state index contributed by atoms with van der Waals surface area (Å²) in [6.45, 7) is 8.06. The van der Waals surface area contributed by atoms with Crippen LogP contribution in [-0.4, -0.2) is 35.6 Å². The minimum Gasteiger partial charge on any atom is -0.305 e. The third kappa shape index (κ3) is 3.06. The van der Waals surface area contributed by atoms with Gasteiger partial charge in [0, 0.05) is 30.2 Å². The summed E-state index contributed by atoms with van der Waals surface area (Å²) in [5.41, 5.74) is 0. The highest BCUT2D eigenvalue weighted by molar-refractivity contribution is 7.09. The van der Waals surface area contributed by atoms with Crippen LogP contribution < -0.4 is 5.32 Å². The first-order valence-corrected chi connectivity index (χ1v) is 7.31. The van der Waals surface area contributed by atoms with Crippen molar-refractivity contribution in [2.75, 3.05) is 13.6 Å². The Morgan fingerprint density at radius 1 is 1.53 bits per heavy atom. The van der Waals surface area contributed by atoms with E-state index in [4.69, 9.17) is 0 Å². The minimum atomic E-state index is 0.373. The summed E-state index contributed by atoms with van der Waals surface area (Å²) in [6, 6.07) is 1.66. The molecule has 1 aromatic heterocycles. The van der Waals surface area contributed by atoms with Crippen LogP contribution in [0, 0.1) is 5.92 Å². The molecule has 1 aliphatic heterocycles. The smallest absolute Gasteiger partial charge is 0.109 e. The number of likely N-dealkylation sites (tertiary alicyclic amines) is 1. The Morgan fingerprint density at radius 2 is 2.29 bits per heavy atom. The van der Waals surface area contributed by atoms with Gasteiger partial charge in [0.05, 0.1) is 6.04 Å². The van der Waals surface area contributed by atoms with Crippen LogP contribution in [0.5, 0.6) is 0 Å². The number of nitrogens with one attached hydrogen (secondary N) is 1. The lowest BCUT2D eigenvalue weighted by Crippen LogP contribution is -2.51. The molecule has 0 aliphatic carbocycles. The highest BCUT2D eigenvalue weighted by atomic mass is 32.1. The fourth-order valence-corrected chi connectivity index (χ4v) is 3.27. The highest BCUT2D eigenvalue weighted by Gasteiger charge is 2.29. The molecule has 1 saturated heterocycles. The van der Waals surface area contributed by atoms with Crippen LogP contribution in [0.4, 0.5) is 0 Å². The predicted molar refractivity (Wildman–Crippen MR) is 73.3 cm³/mol. The zero-order valence-corrected chi connectivity index (χ0v) is 12.0. The van der Waals surface area contributed by atoms with Crippen LogP contribution in [-0.2, 0) is 0 Å². The lowest BCUT2D eigenvalue weighted by Gasteiger charge is -2.41. The fourth-order valence-electron chi connectivity index (χ4n) is 2.61. The SMILES string of the molecule is CC(NC1CC(C)N(C)CC1C)c1nccs1. The quantitative estimate of drug-likeness (QED) is 0.897. The van der Waals surface area contributed by atoms with E-state index in [9.17, 15) is 0 Å². The second-order valence-corrected chi connectivity index (χ2v) is 6.29. The Morgan fingerprint density at radius 3 is 2.94 bits per heavy atom. The predicted octanol–water partition coefficient (Wildman–Crippen LogP) is 2.52. The van der Waals surface area contributed by atoms with E-state index in [0.29, 0.717) is 24.0 Å². The minimum absolute atomic E-state index is 0.373. The van der Waals surface area contributed by atoms with Crippen molar-refractivity contribution in [2.24, 2.45) is 5.92 Å². The number of piperidine rings is 1. The molecule has 3 nitrogen and oxygen atoms in total. The first-order chi connectivity index (χ1) is 8.08. The van der Waals surface area contributed by atoms with Crippen molar-refractivity contribution in [1.82, 2.24) is 15.2 Å². The Kier molecular flexibility index (Phi) is 4.17. The van der Waals surface area contributed by atoms with Crippen LogP contribution in [0.1, 0.15) is 38.2 Å². The van der Waals surface area contributed by atoms with Crippen LogP contribution >= 0.6 is 11.3 Å². The molecule has 17 heavy (non-hydrogen) atoms. The van der Waals surface area contributed by atoms with E-state index in [1.807, 2.05) is 11.6 Å². The van der Waals surface area contributed by atoms with Gasteiger partial charge in [-0.2, -0.15) is 0 Å². The Bertz CT molecular complexity index is 338. The summed E-state index contributed by atoms with van der Waals surface area (Å²) in [6.07, 6.45) is 3.12. The molecular formula is C13H23N3S. The molecule has 1 aromatic rings. The van der Waals surface area contributed by atoms with Gasteiger partial charge in [0.25, 0.3) is 0 Å². The third-order valence-electron chi connectivity index (χ3n) is 3.90. The van der Waals surface area contributed by atoms with Crippen molar-refractivity contribution in [3.8, 4) is 0 Å². The second-order valence-electron chi connectivity index (χ2n) is 5.37. The lowest BCUT2D eigenvalue weighted by atomic mass is 9.89. The van der Waals surface area contributed by atoms with E-state index in [2.05, 4.69) is 43.0 Å². The molecule has 4 heteroatoms. The summed E-state index contributed by atoms with van der Waals surface area (Å²) in [7, 11) is 2.22. The summed E-state index contributed by atoms with van der Waals surface area (Å²) in [5.74, 6) is 0.707. The average molecular weight is 253 g/mol. The van der Waals surface area contributed by atoms with Gasteiger partial charge in [-0.1, -0.05) is 6.92 Å². The van der Waals surface area contributed by atoms with E-state index >= 15 is 0 Å². The fraction of sp³-hybridized carbons (Fsp3) is 0.769. The Labute approximate surface area is 108 Å². The highest BCUT2D eigenvalue weighted by Crippen LogP contribution is 2.24. The van der Waals surface area contributed by atoms with Gasteiger partial charge in [-0.05, 0) is 33.2 Å². The molecule has 2 heterocycles. The number of hydrogen-bond acceptors (Lipinski definition) is 4. The molecule has 0 aromatic carbocycles. The average Bonchev–Trinajstić information content (AvgIpc) is 2.79. The lowest BCUT2D eigenvalue weighted by molar-refractivity contribution is 0.116. The second kappa shape index (κ2) is 5.46. The topological polar surface area (TPSA) is 28.2 Å². The number of hydrogen-bond donors (Lipinski definition) is 1. The molecule has 1 fully saturated rings. The maximum absolute atomic E-state index is 4.39. The summed E-state index contributed by atoms with van der Waals surface area (Å²) >= 11 is 1.74. The van der Waals surface area contributed by atoms with Gasteiger partial charge in [0.15, 0.2) is 0 Å². The van der Waals surface area contributed by atoms with Crippen molar-refractivity contribution in [3.63, 3.8) is 0 Å². The normalized spacial score (nSPS) is 32.6. The van der Waals surface area contributed by atoms with Crippen LogP contribution in [0.25, 0.3) is 0 Å². The molecule has 0 amide bonds. The summed E-state index contributed by atoms with van der Waals surface area (Å²) < 4.78 is 0. The molecule has 1 aliphatic rings. The van der Waals surface area contributed by atoms with Gasteiger partial charge >= 0.3 is 0 Å². The molecule has 0 saturated carbocycles. The molecular weight excluding hydrogens is 230 g/mol. The molecule has 2 rings (SSSR count). The van der Waals surface area contributed by atoms with Gasteiger partial charge < -0.3 is 10.2 Å². The van der Waals surface area contributed by atoms with E-state index in [1.54, 1.807) is 11.3 Å². The van der Waals surface area contributed by atoms with Gasteiger partial charge in [-0.15, -0.1) is 11.3 Å². The van der Waals surface area contributed by atoms with Crippen molar-refractivity contribution in [2.45, 2.75) is 45.3 Å². The molecule has 0 bridgehead atoms. The van der Waals surface area contributed by atoms with Crippen molar-refractivity contribution < 1.29 is 0 Å². The van der Waals surface area contributed by atoms with E-state index < -0.39 is 0 Å². The van der Waals surface area contributed by atoms with E-state index in [-0.39, 0.29) is 0 Å². The number of thiazole rings is 1. The number of rotatable bonds is 3. The summed E-state index contributed by atoms with van der Waals surface area (Å²) in [5, 5.41) is 6.99. The van der Waals surface area contributed by atoms with E-state index in [1.165, 1.54) is 18.0 Å². The maximum Gasteiger partial charge on any atom is 0.109 e. The van der Waals surface area contributed by atoms with E-state index in [0.717, 1.165) is 0 Å². The van der Waals surface area contributed by atoms with Gasteiger partial charge in [-0.25, -0.2) is 4.98 Å². The number of aromatic nitrogens is 1. The first kappa shape index (κ1) is 13.0. The molecule has 1 N–H and O–H groups in total. The molecule has 4 atom stereocenters. The molecule has 0 radical (unpaired) electrons. The van der Waals surface area contributed by atoms with Crippen LogP contribution in [0.15, 0.2) is 11.6 Å². The summed E-state index contributed by atoms with van der Waals surface area (Å²) in [4.78, 5) is 6.84. The van der Waals surface area contributed by atoms with Gasteiger partial charge in [-0.3, -0.25) is 0 Å².